The van der Waals surface area contributed by atoms with Crippen molar-refractivity contribution in [1.82, 2.24) is 0 Å². The average Bonchev–Trinajstić information content (AvgIpc) is 3.05. The van der Waals surface area contributed by atoms with Crippen LogP contribution < -0.4 is 14.2 Å². The van der Waals surface area contributed by atoms with Crippen molar-refractivity contribution in [3.8, 4) is 17.2 Å². The number of nitro groups is 1. The summed E-state index contributed by atoms with van der Waals surface area (Å²) in [6.07, 6.45) is 2.36. The molecule has 0 bridgehead atoms. The average molecular weight is 363 g/mol. The van der Waals surface area contributed by atoms with Crippen molar-refractivity contribution in [2.24, 2.45) is 0 Å². The summed E-state index contributed by atoms with van der Waals surface area (Å²) in [5.41, 5.74) is -0.0107. The maximum Gasteiger partial charge on any atom is 0.387 e. The maximum absolute atomic E-state index is 12.2. The van der Waals surface area contributed by atoms with E-state index in [2.05, 4.69) is 4.74 Å². The number of hydrogen-bond acceptors (Lipinski definition) is 6. The standard InChI is InChI=1S/C17H11F2NO6/c18-17(19)26-12-3-1-2-11(6-12)14(21)5-4-10-7-15-16(25-9-24-15)8-13(10)20(22)23/h1-8,17H,9H2/b5-4+. The van der Waals surface area contributed by atoms with E-state index in [0.29, 0.717) is 5.75 Å². The van der Waals surface area contributed by atoms with Gasteiger partial charge in [-0.3, -0.25) is 14.9 Å². The fraction of sp³-hybridized carbons (Fsp3) is 0.118. The molecule has 134 valence electrons. The summed E-state index contributed by atoms with van der Waals surface area (Å²) in [4.78, 5) is 22.8. The summed E-state index contributed by atoms with van der Waals surface area (Å²) in [7, 11) is 0. The number of carbonyl (C=O) groups is 1. The summed E-state index contributed by atoms with van der Waals surface area (Å²) >= 11 is 0. The molecule has 1 aliphatic heterocycles. The van der Waals surface area contributed by atoms with Gasteiger partial charge in [0.1, 0.15) is 5.75 Å². The van der Waals surface area contributed by atoms with Crippen LogP contribution in [0.2, 0.25) is 0 Å². The molecule has 0 atom stereocenters. The molecule has 0 aliphatic carbocycles. The van der Waals surface area contributed by atoms with E-state index in [9.17, 15) is 23.7 Å². The van der Waals surface area contributed by atoms with Crippen molar-refractivity contribution >= 4 is 17.5 Å². The zero-order chi connectivity index (χ0) is 18.7. The third-order valence-corrected chi connectivity index (χ3v) is 3.48. The van der Waals surface area contributed by atoms with Crippen molar-refractivity contribution in [3.63, 3.8) is 0 Å². The van der Waals surface area contributed by atoms with Crippen molar-refractivity contribution in [2.45, 2.75) is 6.61 Å². The number of hydrogen-bond donors (Lipinski definition) is 0. The van der Waals surface area contributed by atoms with Gasteiger partial charge in [-0.15, -0.1) is 0 Å². The molecule has 26 heavy (non-hydrogen) atoms. The van der Waals surface area contributed by atoms with E-state index in [0.717, 1.165) is 12.1 Å². The molecule has 1 aliphatic rings. The number of allylic oxidation sites excluding steroid dienone is 1. The number of nitrogens with zero attached hydrogens (tertiary/aromatic N) is 1. The zero-order valence-electron chi connectivity index (χ0n) is 13.1. The van der Waals surface area contributed by atoms with Crippen molar-refractivity contribution < 1.29 is 32.7 Å². The van der Waals surface area contributed by atoms with Crippen LogP contribution in [0.1, 0.15) is 15.9 Å². The van der Waals surface area contributed by atoms with Crippen LogP contribution in [-0.4, -0.2) is 24.1 Å². The first-order chi connectivity index (χ1) is 12.4. The quantitative estimate of drug-likeness (QED) is 0.336. The predicted molar refractivity (Wildman–Crippen MR) is 85.7 cm³/mol. The molecule has 0 saturated heterocycles. The Bertz CT molecular complexity index is 897. The molecule has 2 aromatic rings. The lowest BCUT2D eigenvalue weighted by atomic mass is 10.1. The van der Waals surface area contributed by atoms with E-state index >= 15 is 0 Å². The molecule has 0 amide bonds. The highest BCUT2D eigenvalue weighted by Crippen LogP contribution is 2.38. The number of rotatable bonds is 6. The topological polar surface area (TPSA) is 87.9 Å². The van der Waals surface area contributed by atoms with E-state index in [1.807, 2.05) is 0 Å². The van der Waals surface area contributed by atoms with E-state index < -0.39 is 17.3 Å². The van der Waals surface area contributed by atoms with Gasteiger partial charge < -0.3 is 14.2 Å². The second-order valence-electron chi connectivity index (χ2n) is 5.13. The van der Waals surface area contributed by atoms with Crippen LogP contribution in [0, 0.1) is 10.1 Å². The second kappa shape index (κ2) is 7.18. The van der Waals surface area contributed by atoms with Crippen LogP contribution in [0.3, 0.4) is 0 Å². The number of fused-ring (bicyclic) bond motifs is 1. The monoisotopic (exact) mass is 363 g/mol. The fourth-order valence-corrected chi connectivity index (χ4v) is 2.33. The number of carbonyl (C=O) groups excluding carboxylic acids is 1. The molecule has 0 fully saturated rings. The molecular formula is C17H11F2NO6. The van der Waals surface area contributed by atoms with Gasteiger partial charge in [-0.25, -0.2) is 0 Å². The minimum absolute atomic E-state index is 0.0461. The predicted octanol–water partition coefficient (Wildman–Crippen LogP) is 3.82. The van der Waals surface area contributed by atoms with Gasteiger partial charge in [0.2, 0.25) is 6.79 Å². The number of alkyl halides is 2. The lowest BCUT2D eigenvalue weighted by Crippen LogP contribution is -2.03. The molecule has 0 radical (unpaired) electrons. The van der Waals surface area contributed by atoms with Gasteiger partial charge in [0.05, 0.1) is 16.6 Å². The first kappa shape index (κ1) is 17.3. The number of halogens is 2. The number of ether oxygens (including phenoxy) is 3. The Hall–Kier alpha value is -3.49. The van der Waals surface area contributed by atoms with Gasteiger partial charge >= 0.3 is 6.61 Å². The van der Waals surface area contributed by atoms with Crippen LogP contribution in [0.15, 0.2) is 42.5 Å². The smallest absolute Gasteiger partial charge is 0.387 e. The molecule has 0 N–H and O–H groups in total. The van der Waals surface area contributed by atoms with E-state index in [4.69, 9.17) is 9.47 Å². The molecule has 7 nitrogen and oxygen atoms in total. The van der Waals surface area contributed by atoms with Crippen molar-refractivity contribution in [3.05, 3.63) is 63.7 Å². The van der Waals surface area contributed by atoms with Gasteiger partial charge in [-0.2, -0.15) is 8.78 Å². The van der Waals surface area contributed by atoms with Crippen LogP contribution in [0.25, 0.3) is 6.08 Å². The van der Waals surface area contributed by atoms with Crippen molar-refractivity contribution in [1.29, 1.82) is 0 Å². The zero-order valence-corrected chi connectivity index (χ0v) is 13.1. The number of ketones is 1. The summed E-state index contributed by atoms with van der Waals surface area (Å²) < 4.78 is 39.0. The second-order valence-corrected chi connectivity index (χ2v) is 5.13. The first-order valence-electron chi connectivity index (χ1n) is 7.29. The molecule has 3 rings (SSSR count). The van der Waals surface area contributed by atoms with E-state index in [-0.39, 0.29) is 35.1 Å². The summed E-state index contributed by atoms with van der Waals surface area (Å²) in [5, 5.41) is 11.2. The molecule has 0 saturated carbocycles. The Kier molecular flexibility index (Phi) is 4.78. The number of benzene rings is 2. The normalized spacial score (nSPS) is 12.6. The third-order valence-electron chi connectivity index (χ3n) is 3.48. The van der Waals surface area contributed by atoms with Crippen LogP contribution in [0.5, 0.6) is 17.2 Å². The van der Waals surface area contributed by atoms with E-state index in [1.54, 1.807) is 0 Å². The lowest BCUT2D eigenvalue weighted by molar-refractivity contribution is -0.385. The van der Waals surface area contributed by atoms with Crippen LogP contribution in [-0.2, 0) is 0 Å². The summed E-state index contributed by atoms with van der Waals surface area (Å²) in [6, 6.07) is 7.85. The molecule has 1 heterocycles. The van der Waals surface area contributed by atoms with Gasteiger partial charge in [0.25, 0.3) is 5.69 Å². The SMILES string of the molecule is O=C(/C=C/c1cc2c(cc1[N+](=O)[O-])OCO2)c1cccc(OC(F)F)c1. The minimum Gasteiger partial charge on any atom is -0.454 e. The number of nitro benzene ring substituents is 1. The van der Waals surface area contributed by atoms with Crippen LogP contribution >= 0.6 is 0 Å². The fourth-order valence-electron chi connectivity index (χ4n) is 2.33. The Labute approximate surface area is 145 Å². The largest absolute Gasteiger partial charge is 0.454 e. The summed E-state index contributed by atoms with van der Waals surface area (Å²) in [6.45, 7) is -3.05. The Morgan fingerprint density at radius 2 is 1.96 bits per heavy atom. The van der Waals surface area contributed by atoms with Gasteiger partial charge in [0.15, 0.2) is 17.3 Å². The Morgan fingerprint density at radius 1 is 1.23 bits per heavy atom. The summed E-state index contributed by atoms with van der Waals surface area (Å²) in [5.74, 6) is -0.114. The van der Waals surface area contributed by atoms with Gasteiger partial charge in [-0.05, 0) is 30.4 Å². The molecule has 0 aromatic heterocycles. The first-order valence-corrected chi connectivity index (χ1v) is 7.29. The lowest BCUT2D eigenvalue weighted by Gasteiger charge is -2.05. The van der Waals surface area contributed by atoms with Gasteiger partial charge in [0, 0.05) is 5.56 Å². The van der Waals surface area contributed by atoms with Gasteiger partial charge in [-0.1, -0.05) is 12.1 Å². The Morgan fingerprint density at radius 3 is 2.65 bits per heavy atom. The highest BCUT2D eigenvalue weighted by atomic mass is 19.3. The van der Waals surface area contributed by atoms with Crippen LogP contribution in [0.4, 0.5) is 14.5 Å². The molecule has 0 spiro atoms. The minimum atomic E-state index is -3.01. The highest BCUT2D eigenvalue weighted by molar-refractivity contribution is 6.07. The van der Waals surface area contributed by atoms with E-state index in [1.165, 1.54) is 36.4 Å². The molecular weight excluding hydrogens is 352 g/mol. The maximum atomic E-state index is 12.2. The molecule has 9 heteroatoms. The third kappa shape index (κ3) is 3.77. The molecule has 2 aromatic carbocycles. The van der Waals surface area contributed by atoms with Crippen molar-refractivity contribution in [2.75, 3.05) is 6.79 Å². The molecule has 0 unspecified atom stereocenters. The Balaban J connectivity index is 1.86. The highest BCUT2D eigenvalue weighted by Gasteiger charge is 2.22.